The summed E-state index contributed by atoms with van der Waals surface area (Å²) in [4.78, 5) is 22.8. The summed E-state index contributed by atoms with van der Waals surface area (Å²) in [6.07, 6.45) is 29.2. The standard InChI is InChI=1S/C29H52O4/c1-3-5-7-9-10-11-12-16-19-23-27(33-29(32)26-22-15-8-6-4-2)24-20-17-13-14-18-21-25-28(30)31/h11-12,19,23,27H,3-10,13-18,20-22,24-26H2,1-2H3,(H,30,31)/b12-11-,23-19-. The molecule has 0 fully saturated rings. The fourth-order valence-corrected chi connectivity index (χ4v) is 3.84. The van der Waals surface area contributed by atoms with Crippen molar-refractivity contribution in [2.24, 2.45) is 0 Å². The van der Waals surface area contributed by atoms with Gasteiger partial charge in [-0.1, -0.05) is 103 Å². The number of hydrogen-bond donors (Lipinski definition) is 1. The van der Waals surface area contributed by atoms with Crippen molar-refractivity contribution in [3.05, 3.63) is 24.3 Å². The highest BCUT2D eigenvalue weighted by Crippen LogP contribution is 2.14. The highest BCUT2D eigenvalue weighted by atomic mass is 16.5. The van der Waals surface area contributed by atoms with E-state index in [2.05, 4.69) is 38.2 Å². The maximum absolute atomic E-state index is 12.3. The molecule has 0 heterocycles. The minimum atomic E-state index is -0.705. The summed E-state index contributed by atoms with van der Waals surface area (Å²) in [5, 5.41) is 8.69. The maximum atomic E-state index is 12.3. The molecule has 0 amide bonds. The largest absolute Gasteiger partial charge is 0.481 e. The van der Waals surface area contributed by atoms with E-state index in [1.165, 1.54) is 44.9 Å². The first kappa shape index (κ1) is 31.4. The summed E-state index contributed by atoms with van der Waals surface area (Å²) in [5.74, 6) is -0.774. The maximum Gasteiger partial charge on any atom is 0.306 e. The second kappa shape index (κ2) is 25.1. The molecule has 0 rings (SSSR count). The number of carbonyl (C=O) groups excluding carboxylic acids is 1. The number of unbranched alkanes of at least 4 members (excludes halogenated alkanes) is 13. The average molecular weight is 465 g/mol. The van der Waals surface area contributed by atoms with Crippen LogP contribution < -0.4 is 0 Å². The van der Waals surface area contributed by atoms with E-state index in [-0.39, 0.29) is 18.5 Å². The molecule has 0 saturated carbocycles. The van der Waals surface area contributed by atoms with Crippen LogP contribution in [0.3, 0.4) is 0 Å². The highest BCUT2D eigenvalue weighted by Gasteiger charge is 2.11. The van der Waals surface area contributed by atoms with Crippen molar-refractivity contribution in [1.82, 2.24) is 0 Å². The van der Waals surface area contributed by atoms with Crippen LogP contribution in [0.25, 0.3) is 0 Å². The Labute approximate surface area is 204 Å². The Balaban J connectivity index is 4.24. The van der Waals surface area contributed by atoms with E-state index in [0.717, 1.165) is 70.6 Å². The summed E-state index contributed by atoms with van der Waals surface area (Å²) in [6, 6.07) is 0. The Morgan fingerprint density at radius 2 is 1.27 bits per heavy atom. The van der Waals surface area contributed by atoms with Crippen molar-refractivity contribution in [1.29, 1.82) is 0 Å². The molecular weight excluding hydrogens is 412 g/mol. The fraction of sp³-hybridized carbons (Fsp3) is 0.793. The zero-order valence-corrected chi connectivity index (χ0v) is 21.7. The summed E-state index contributed by atoms with van der Waals surface area (Å²) < 4.78 is 5.79. The van der Waals surface area contributed by atoms with Gasteiger partial charge in [0.15, 0.2) is 0 Å². The summed E-state index contributed by atoms with van der Waals surface area (Å²) in [6.45, 7) is 4.43. The zero-order valence-electron chi connectivity index (χ0n) is 21.7. The lowest BCUT2D eigenvalue weighted by Gasteiger charge is -2.14. The quantitative estimate of drug-likeness (QED) is 0.0879. The van der Waals surface area contributed by atoms with E-state index in [1.807, 2.05) is 0 Å². The van der Waals surface area contributed by atoms with Crippen LogP contribution >= 0.6 is 0 Å². The van der Waals surface area contributed by atoms with E-state index in [0.29, 0.717) is 6.42 Å². The molecule has 0 aliphatic heterocycles. The number of ether oxygens (including phenoxy) is 1. The molecule has 0 spiro atoms. The lowest BCUT2D eigenvalue weighted by Crippen LogP contribution is -2.16. The smallest absolute Gasteiger partial charge is 0.306 e. The minimum Gasteiger partial charge on any atom is -0.481 e. The van der Waals surface area contributed by atoms with E-state index in [4.69, 9.17) is 9.84 Å². The van der Waals surface area contributed by atoms with Crippen LogP contribution in [-0.2, 0) is 14.3 Å². The molecule has 0 bridgehead atoms. The summed E-state index contributed by atoms with van der Waals surface area (Å²) >= 11 is 0. The molecule has 0 saturated heterocycles. The molecule has 0 aliphatic carbocycles. The fourth-order valence-electron chi connectivity index (χ4n) is 3.84. The van der Waals surface area contributed by atoms with Gasteiger partial charge in [-0.3, -0.25) is 9.59 Å². The van der Waals surface area contributed by atoms with Gasteiger partial charge >= 0.3 is 11.9 Å². The molecule has 1 atom stereocenters. The number of allylic oxidation sites excluding steroid dienone is 3. The first-order chi connectivity index (χ1) is 16.1. The van der Waals surface area contributed by atoms with Gasteiger partial charge in [-0.25, -0.2) is 0 Å². The summed E-state index contributed by atoms with van der Waals surface area (Å²) in [7, 11) is 0. The summed E-state index contributed by atoms with van der Waals surface area (Å²) in [5.41, 5.74) is 0. The van der Waals surface area contributed by atoms with Crippen LogP contribution in [0, 0.1) is 0 Å². The van der Waals surface area contributed by atoms with E-state index >= 15 is 0 Å². The molecule has 0 aliphatic rings. The lowest BCUT2D eigenvalue weighted by atomic mass is 10.1. The molecule has 0 aromatic heterocycles. The number of aliphatic carboxylic acids is 1. The lowest BCUT2D eigenvalue weighted by molar-refractivity contribution is -0.147. The van der Waals surface area contributed by atoms with Gasteiger partial charge in [0, 0.05) is 12.8 Å². The normalized spacial score (nSPS) is 12.5. The number of carbonyl (C=O) groups is 2. The first-order valence-corrected chi connectivity index (χ1v) is 13.8. The predicted molar refractivity (Wildman–Crippen MR) is 139 cm³/mol. The van der Waals surface area contributed by atoms with Crippen molar-refractivity contribution in [3.63, 3.8) is 0 Å². The zero-order chi connectivity index (χ0) is 24.4. The SMILES string of the molecule is CCCCCC/C=C\C/C=C\C(CCCCCCCCC(=O)O)OC(=O)CCCCCCC. The van der Waals surface area contributed by atoms with E-state index in [9.17, 15) is 9.59 Å². The minimum absolute atomic E-state index is 0.0683. The first-order valence-electron chi connectivity index (χ1n) is 13.8. The molecule has 0 radical (unpaired) electrons. The van der Waals surface area contributed by atoms with Gasteiger partial charge < -0.3 is 9.84 Å². The van der Waals surface area contributed by atoms with Crippen LogP contribution in [0.1, 0.15) is 142 Å². The molecule has 0 aromatic carbocycles. The molecule has 1 unspecified atom stereocenters. The number of carboxylic acids is 1. The number of rotatable bonds is 24. The van der Waals surface area contributed by atoms with Crippen LogP contribution in [0.5, 0.6) is 0 Å². The van der Waals surface area contributed by atoms with Gasteiger partial charge in [0.25, 0.3) is 0 Å². The molecule has 0 aromatic rings. The van der Waals surface area contributed by atoms with Crippen molar-refractivity contribution in [2.45, 2.75) is 148 Å². The number of carboxylic acid groups (broad SMARTS) is 1. The van der Waals surface area contributed by atoms with Crippen LogP contribution in [-0.4, -0.2) is 23.1 Å². The van der Waals surface area contributed by atoms with Crippen LogP contribution in [0.15, 0.2) is 24.3 Å². The Kier molecular flexibility index (Phi) is 23.9. The van der Waals surface area contributed by atoms with Crippen molar-refractivity contribution >= 4 is 11.9 Å². The third kappa shape index (κ3) is 24.9. The van der Waals surface area contributed by atoms with Gasteiger partial charge in [0.05, 0.1) is 0 Å². The molecule has 1 N–H and O–H groups in total. The van der Waals surface area contributed by atoms with Gasteiger partial charge in [0.1, 0.15) is 6.10 Å². The third-order valence-electron chi connectivity index (χ3n) is 5.91. The highest BCUT2D eigenvalue weighted by molar-refractivity contribution is 5.69. The van der Waals surface area contributed by atoms with Crippen molar-refractivity contribution in [3.8, 4) is 0 Å². The molecule has 4 heteroatoms. The van der Waals surface area contributed by atoms with E-state index < -0.39 is 5.97 Å². The van der Waals surface area contributed by atoms with Gasteiger partial charge in [-0.05, 0) is 51.0 Å². The molecular formula is C29H52O4. The Morgan fingerprint density at radius 3 is 1.94 bits per heavy atom. The van der Waals surface area contributed by atoms with E-state index in [1.54, 1.807) is 0 Å². The molecule has 33 heavy (non-hydrogen) atoms. The van der Waals surface area contributed by atoms with Crippen molar-refractivity contribution in [2.75, 3.05) is 0 Å². The second-order valence-electron chi connectivity index (χ2n) is 9.23. The topological polar surface area (TPSA) is 63.6 Å². The monoisotopic (exact) mass is 464 g/mol. The Morgan fingerprint density at radius 1 is 0.697 bits per heavy atom. The predicted octanol–water partition coefficient (Wildman–Crippen LogP) is 8.94. The Bertz CT molecular complexity index is 510. The second-order valence-corrected chi connectivity index (χ2v) is 9.23. The van der Waals surface area contributed by atoms with Crippen molar-refractivity contribution < 1.29 is 19.4 Å². The van der Waals surface area contributed by atoms with Crippen LogP contribution in [0.4, 0.5) is 0 Å². The van der Waals surface area contributed by atoms with Crippen LogP contribution in [0.2, 0.25) is 0 Å². The van der Waals surface area contributed by atoms with Gasteiger partial charge in [-0.15, -0.1) is 0 Å². The third-order valence-corrected chi connectivity index (χ3v) is 5.91. The number of hydrogen-bond acceptors (Lipinski definition) is 3. The van der Waals surface area contributed by atoms with Gasteiger partial charge in [-0.2, -0.15) is 0 Å². The number of esters is 1. The molecule has 4 nitrogen and oxygen atoms in total. The van der Waals surface area contributed by atoms with Gasteiger partial charge in [0.2, 0.25) is 0 Å². The molecule has 192 valence electrons. The Hall–Kier alpha value is -1.58. The average Bonchev–Trinajstić information content (AvgIpc) is 2.79.